The number of benzene rings is 1. The highest BCUT2D eigenvalue weighted by Gasteiger charge is 2.33. The summed E-state index contributed by atoms with van der Waals surface area (Å²) in [6.07, 6.45) is 1.18. The molecule has 0 saturated carbocycles. The smallest absolute Gasteiger partial charge is 0.257 e. The fourth-order valence-electron chi connectivity index (χ4n) is 4.54. The van der Waals surface area contributed by atoms with Crippen molar-refractivity contribution in [3.63, 3.8) is 0 Å². The SMILES string of the molecule is CO[C@H]1CN(C)C(=O)c2cc(NC(C)=O)ccc2OC[C@H](C)N(C(=O)C2CCOCC2)C[C@@H]1C. The van der Waals surface area contributed by atoms with E-state index in [2.05, 4.69) is 5.32 Å². The number of methoxy groups -OCH3 is 1. The van der Waals surface area contributed by atoms with Crippen LogP contribution in [0.4, 0.5) is 5.69 Å². The van der Waals surface area contributed by atoms with Gasteiger partial charge < -0.3 is 29.3 Å². The summed E-state index contributed by atoms with van der Waals surface area (Å²) in [6.45, 7) is 7.73. The van der Waals surface area contributed by atoms with Gasteiger partial charge in [0.05, 0.1) is 17.7 Å². The van der Waals surface area contributed by atoms with Crippen molar-refractivity contribution in [1.82, 2.24) is 9.80 Å². The molecular formula is C25H37N3O6. The van der Waals surface area contributed by atoms with E-state index in [1.165, 1.54) is 6.92 Å². The Labute approximate surface area is 201 Å². The van der Waals surface area contributed by atoms with Crippen molar-refractivity contribution >= 4 is 23.4 Å². The van der Waals surface area contributed by atoms with Gasteiger partial charge in [-0.2, -0.15) is 0 Å². The maximum Gasteiger partial charge on any atom is 0.257 e. The molecule has 1 N–H and O–H groups in total. The summed E-state index contributed by atoms with van der Waals surface area (Å²) in [5.74, 6) is 0.0200. The second-order valence-electron chi connectivity index (χ2n) is 9.37. The number of ether oxygens (including phenoxy) is 3. The first-order valence-electron chi connectivity index (χ1n) is 11.9. The van der Waals surface area contributed by atoms with Crippen LogP contribution in [0.1, 0.15) is 44.0 Å². The summed E-state index contributed by atoms with van der Waals surface area (Å²) in [7, 11) is 3.35. The number of fused-ring (bicyclic) bond motifs is 1. The highest BCUT2D eigenvalue weighted by atomic mass is 16.5. The van der Waals surface area contributed by atoms with E-state index in [-0.39, 0.29) is 48.3 Å². The van der Waals surface area contributed by atoms with Crippen LogP contribution in [0.15, 0.2) is 18.2 Å². The summed E-state index contributed by atoms with van der Waals surface area (Å²) < 4.78 is 17.3. The number of carbonyl (C=O) groups is 3. The number of nitrogens with zero attached hydrogens (tertiary/aromatic N) is 2. The Hall–Kier alpha value is -2.65. The van der Waals surface area contributed by atoms with Crippen LogP contribution in [0.5, 0.6) is 5.75 Å². The topological polar surface area (TPSA) is 97.4 Å². The largest absolute Gasteiger partial charge is 0.491 e. The number of anilines is 1. The lowest BCUT2D eigenvalue weighted by molar-refractivity contribution is -0.142. The van der Waals surface area contributed by atoms with Crippen LogP contribution in [0.25, 0.3) is 0 Å². The zero-order chi connectivity index (χ0) is 24.8. The van der Waals surface area contributed by atoms with Gasteiger partial charge in [0.1, 0.15) is 12.4 Å². The Morgan fingerprint density at radius 2 is 1.85 bits per heavy atom. The molecule has 3 atom stereocenters. The van der Waals surface area contributed by atoms with Crippen molar-refractivity contribution in [3.8, 4) is 5.75 Å². The molecule has 0 aliphatic carbocycles. The van der Waals surface area contributed by atoms with E-state index in [0.717, 1.165) is 12.8 Å². The molecule has 3 rings (SSSR count). The van der Waals surface area contributed by atoms with E-state index in [9.17, 15) is 14.4 Å². The van der Waals surface area contributed by atoms with Crippen LogP contribution in [-0.2, 0) is 19.1 Å². The van der Waals surface area contributed by atoms with Crippen molar-refractivity contribution in [2.24, 2.45) is 11.8 Å². The Bertz CT molecular complexity index is 885. The van der Waals surface area contributed by atoms with Crippen LogP contribution in [0.3, 0.4) is 0 Å². The van der Waals surface area contributed by atoms with Crippen LogP contribution >= 0.6 is 0 Å². The number of amides is 3. The quantitative estimate of drug-likeness (QED) is 0.721. The lowest BCUT2D eigenvalue weighted by Gasteiger charge is -2.38. The molecule has 34 heavy (non-hydrogen) atoms. The van der Waals surface area contributed by atoms with E-state index in [4.69, 9.17) is 14.2 Å². The van der Waals surface area contributed by atoms with E-state index >= 15 is 0 Å². The standard InChI is InChI=1S/C25H37N3O6/c1-16-13-28(24(30)19-8-10-33-11-9-19)17(2)15-34-22-7-6-20(26-18(3)29)12-21(22)25(31)27(4)14-23(16)32-5/h6-7,12,16-17,19,23H,8-11,13-15H2,1-5H3,(H,26,29)/t16-,17-,23-/m0/s1. The Balaban J connectivity index is 1.94. The first-order chi connectivity index (χ1) is 16.2. The molecule has 0 unspecified atom stereocenters. The van der Waals surface area contributed by atoms with Gasteiger partial charge in [-0.1, -0.05) is 6.92 Å². The van der Waals surface area contributed by atoms with E-state index in [0.29, 0.717) is 43.3 Å². The summed E-state index contributed by atoms with van der Waals surface area (Å²) in [6, 6.07) is 4.81. The Morgan fingerprint density at radius 3 is 2.50 bits per heavy atom. The van der Waals surface area contributed by atoms with Crippen LogP contribution < -0.4 is 10.1 Å². The predicted octanol–water partition coefficient (Wildman–Crippen LogP) is 2.40. The van der Waals surface area contributed by atoms with Gasteiger partial charge in [-0.25, -0.2) is 0 Å². The number of nitrogens with one attached hydrogen (secondary N) is 1. The third-order valence-corrected chi connectivity index (χ3v) is 6.62. The molecule has 188 valence electrons. The van der Waals surface area contributed by atoms with Gasteiger partial charge in [0.2, 0.25) is 11.8 Å². The van der Waals surface area contributed by atoms with Crippen molar-refractivity contribution in [1.29, 1.82) is 0 Å². The highest BCUT2D eigenvalue weighted by molar-refractivity contribution is 5.99. The molecule has 1 aromatic carbocycles. The highest BCUT2D eigenvalue weighted by Crippen LogP contribution is 2.27. The van der Waals surface area contributed by atoms with Crippen LogP contribution in [0, 0.1) is 11.8 Å². The number of hydrogen-bond acceptors (Lipinski definition) is 6. The number of likely N-dealkylation sites (N-methyl/N-ethyl adjacent to an activating group) is 1. The zero-order valence-corrected chi connectivity index (χ0v) is 20.8. The first-order valence-corrected chi connectivity index (χ1v) is 11.9. The van der Waals surface area contributed by atoms with Crippen LogP contribution in [-0.4, -0.2) is 86.7 Å². The van der Waals surface area contributed by atoms with Gasteiger partial charge in [0, 0.05) is 64.9 Å². The van der Waals surface area contributed by atoms with Gasteiger partial charge in [-0.3, -0.25) is 14.4 Å². The normalized spacial score (nSPS) is 25.0. The van der Waals surface area contributed by atoms with Gasteiger partial charge in [0.25, 0.3) is 5.91 Å². The molecule has 0 spiro atoms. The minimum absolute atomic E-state index is 0.00361. The van der Waals surface area contributed by atoms with Crippen molar-refractivity contribution in [2.45, 2.75) is 45.8 Å². The van der Waals surface area contributed by atoms with Gasteiger partial charge >= 0.3 is 0 Å². The lowest BCUT2D eigenvalue weighted by Crippen LogP contribution is -2.50. The van der Waals surface area contributed by atoms with E-state index < -0.39 is 0 Å². The third-order valence-electron chi connectivity index (χ3n) is 6.62. The minimum atomic E-state index is -0.256. The average Bonchev–Trinajstić information content (AvgIpc) is 2.83. The Morgan fingerprint density at radius 1 is 1.15 bits per heavy atom. The molecule has 2 aliphatic heterocycles. The van der Waals surface area contributed by atoms with Gasteiger partial charge in [-0.15, -0.1) is 0 Å². The maximum atomic E-state index is 13.5. The monoisotopic (exact) mass is 475 g/mol. The first kappa shape index (κ1) is 26.0. The van der Waals surface area contributed by atoms with Crippen molar-refractivity contribution in [3.05, 3.63) is 23.8 Å². The Kier molecular flexibility index (Phi) is 8.90. The number of hydrogen-bond donors (Lipinski definition) is 1. The molecule has 2 aliphatic rings. The zero-order valence-electron chi connectivity index (χ0n) is 20.8. The molecule has 0 aromatic heterocycles. The van der Waals surface area contributed by atoms with Crippen molar-refractivity contribution in [2.75, 3.05) is 52.4 Å². The lowest BCUT2D eigenvalue weighted by atomic mass is 9.95. The summed E-state index contributed by atoms with van der Waals surface area (Å²) in [5, 5.41) is 2.72. The van der Waals surface area contributed by atoms with E-state index in [1.54, 1.807) is 37.3 Å². The maximum absolute atomic E-state index is 13.5. The summed E-state index contributed by atoms with van der Waals surface area (Å²) in [5.41, 5.74) is 0.871. The van der Waals surface area contributed by atoms with Gasteiger partial charge in [0.15, 0.2) is 0 Å². The molecule has 9 heteroatoms. The van der Waals surface area contributed by atoms with Gasteiger partial charge in [-0.05, 0) is 38.0 Å². The second kappa shape index (κ2) is 11.7. The third kappa shape index (κ3) is 6.27. The van der Waals surface area contributed by atoms with Crippen molar-refractivity contribution < 1.29 is 28.6 Å². The minimum Gasteiger partial charge on any atom is -0.491 e. The number of carbonyl (C=O) groups excluding carboxylic acids is 3. The fourth-order valence-corrected chi connectivity index (χ4v) is 4.54. The molecule has 0 bridgehead atoms. The molecule has 9 nitrogen and oxygen atoms in total. The molecule has 1 fully saturated rings. The summed E-state index contributed by atoms with van der Waals surface area (Å²) in [4.78, 5) is 41.8. The number of rotatable bonds is 3. The molecule has 0 radical (unpaired) electrons. The molecule has 2 heterocycles. The van der Waals surface area contributed by atoms with Crippen LogP contribution in [0.2, 0.25) is 0 Å². The molecular weight excluding hydrogens is 438 g/mol. The molecule has 3 amide bonds. The fraction of sp³-hybridized carbons (Fsp3) is 0.640. The second-order valence-corrected chi connectivity index (χ2v) is 9.37. The average molecular weight is 476 g/mol. The molecule has 1 saturated heterocycles. The van der Waals surface area contributed by atoms with E-state index in [1.807, 2.05) is 18.7 Å². The summed E-state index contributed by atoms with van der Waals surface area (Å²) >= 11 is 0. The molecule has 1 aromatic rings. The predicted molar refractivity (Wildman–Crippen MR) is 128 cm³/mol.